The van der Waals surface area contributed by atoms with Crippen molar-refractivity contribution in [2.45, 2.75) is 6.18 Å². The Bertz CT molecular complexity index is 440. The molecule has 0 aromatic carbocycles. The smallest absolute Gasteiger partial charge is 0.383 e. The molecular weight excluding hydrogens is 285 g/mol. The molecule has 2 N–H and O–H groups in total. The van der Waals surface area contributed by atoms with Crippen LogP contribution < -0.4 is 10.6 Å². The van der Waals surface area contributed by atoms with E-state index in [4.69, 9.17) is 4.74 Å². The molecule has 0 unspecified atom stereocenters. The predicted octanol–water partition coefficient (Wildman–Crippen LogP) is 2.13. The maximum absolute atomic E-state index is 12.8. The molecule has 0 aliphatic carbocycles. The van der Waals surface area contributed by atoms with Crippen LogP contribution in [0.15, 0.2) is 12.1 Å². The summed E-state index contributed by atoms with van der Waals surface area (Å²) in [7, 11) is 5.07. The molecule has 0 amide bonds. The number of hydrogen-bond acceptors (Lipinski definition) is 5. The van der Waals surface area contributed by atoms with Crippen LogP contribution in [0.3, 0.4) is 0 Å². The topological polar surface area (TPSA) is 49.4 Å². The van der Waals surface area contributed by atoms with Crippen molar-refractivity contribution in [1.29, 1.82) is 0 Å². The first kappa shape index (κ1) is 17.5. The Morgan fingerprint density at radius 3 is 2.48 bits per heavy atom. The number of halogens is 3. The minimum absolute atomic E-state index is 0.181. The number of rotatable bonds is 8. The van der Waals surface area contributed by atoms with Gasteiger partial charge in [-0.25, -0.2) is 4.98 Å². The number of hydrogen-bond donors (Lipinski definition) is 2. The van der Waals surface area contributed by atoms with E-state index in [0.717, 1.165) is 18.7 Å². The Morgan fingerprint density at radius 1 is 1.24 bits per heavy atom. The summed E-state index contributed by atoms with van der Waals surface area (Å²) in [4.78, 5) is 6.08. The summed E-state index contributed by atoms with van der Waals surface area (Å²) in [5.74, 6) is 0.384. The molecule has 0 aliphatic rings. The number of aromatic nitrogens is 1. The molecule has 0 bridgehead atoms. The molecule has 1 aromatic rings. The van der Waals surface area contributed by atoms with Gasteiger partial charge in [0, 0.05) is 33.8 Å². The van der Waals surface area contributed by atoms with E-state index in [1.165, 1.54) is 7.05 Å². The molecular formula is C13H21F3N4O. The quantitative estimate of drug-likeness (QED) is 0.770. The Balaban J connectivity index is 2.62. The van der Waals surface area contributed by atoms with Crippen molar-refractivity contribution in [3.8, 4) is 0 Å². The number of anilines is 2. The van der Waals surface area contributed by atoms with E-state index in [2.05, 4.69) is 15.6 Å². The van der Waals surface area contributed by atoms with E-state index in [-0.39, 0.29) is 11.6 Å². The van der Waals surface area contributed by atoms with Crippen molar-refractivity contribution in [3.05, 3.63) is 17.7 Å². The zero-order valence-corrected chi connectivity index (χ0v) is 12.4. The fourth-order valence-electron chi connectivity index (χ4n) is 1.65. The van der Waals surface area contributed by atoms with E-state index >= 15 is 0 Å². The van der Waals surface area contributed by atoms with Crippen molar-refractivity contribution >= 4 is 11.6 Å². The summed E-state index contributed by atoms with van der Waals surface area (Å²) in [5, 5.41) is 5.53. The largest absolute Gasteiger partial charge is 0.416 e. The van der Waals surface area contributed by atoms with E-state index in [1.807, 2.05) is 11.9 Å². The van der Waals surface area contributed by atoms with Crippen molar-refractivity contribution in [1.82, 2.24) is 9.88 Å². The van der Waals surface area contributed by atoms with Crippen LogP contribution in [0.4, 0.5) is 24.8 Å². The molecule has 0 radical (unpaired) electrons. The van der Waals surface area contributed by atoms with Crippen LogP contribution in [0.1, 0.15) is 5.56 Å². The van der Waals surface area contributed by atoms with E-state index in [9.17, 15) is 13.2 Å². The van der Waals surface area contributed by atoms with Gasteiger partial charge in [0.2, 0.25) is 0 Å². The van der Waals surface area contributed by atoms with Crippen molar-refractivity contribution < 1.29 is 17.9 Å². The summed E-state index contributed by atoms with van der Waals surface area (Å²) in [6.07, 6.45) is -4.39. The van der Waals surface area contributed by atoms with Crippen LogP contribution >= 0.6 is 0 Å². The van der Waals surface area contributed by atoms with Crippen LogP contribution in [-0.4, -0.2) is 57.3 Å². The molecule has 0 fully saturated rings. The van der Waals surface area contributed by atoms with Gasteiger partial charge in [-0.15, -0.1) is 0 Å². The minimum atomic E-state index is -4.39. The molecule has 8 heteroatoms. The zero-order valence-electron chi connectivity index (χ0n) is 12.4. The summed E-state index contributed by atoms with van der Waals surface area (Å²) >= 11 is 0. The van der Waals surface area contributed by atoms with E-state index in [1.54, 1.807) is 7.11 Å². The molecule has 0 spiro atoms. The van der Waals surface area contributed by atoms with Gasteiger partial charge in [-0.2, -0.15) is 13.2 Å². The van der Waals surface area contributed by atoms with E-state index in [0.29, 0.717) is 19.7 Å². The first-order valence-electron chi connectivity index (χ1n) is 6.55. The highest BCUT2D eigenvalue weighted by atomic mass is 19.4. The number of likely N-dealkylation sites (N-methyl/N-ethyl adjacent to an activating group) is 1. The summed E-state index contributed by atoms with van der Waals surface area (Å²) in [6.45, 7) is 2.55. The third kappa shape index (κ3) is 6.17. The number of alkyl halides is 3. The lowest BCUT2D eigenvalue weighted by atomic mass is 10.2. The molecule has 5 nitrogen and oxygen atoms in total. The highest BCUT2D eigenvalue weighted by molar-refractivity contribution is 5.49. The molecule has 1 aromatic heterocycles. The van der Waals surface area contributed by atoms with Crippen LogP contribution in [0.5, 0.6) is 0 Å². The molecule has 1 heterocycles. The molecule has 120 valence electrons. The monoisotopic (exact) mass is 306 g/mol. The number of pyridine rings is 1. The minimum Gasteiger partial charge on any atom is -0.383 e. The van der Waals surface area contributed by atoms with Crippen LogP contribution in [-0.2, 0) is 10.9 Å². The van der Waals surface area contributed by atoms with Gasteiger partial charge >= 0.3 is 6.18 Å². The maximum atomic E-state index is 12.8. The Morgan fingerprint density at radius 2 is 1.90 bits per heavy atom. The molecule has 0 saturated heterocycles. The average Bonchev–Trinajstić information content (AvgIpc) is 2.43. The predicted molar refractivity (Wildman–Crippen MR) is 76.6 cm³/mol. The lowest BCUT2D eigenvalue weighted by Gasteiger charge is -2.17. The number of methoxy groups -OCH3 is 1. The van der Waals surface area contributed by atoms with Gasteiger partial charge in [0.05, 0.1) is 12.2 Å². The third-order valence-electron chi connectivity index (χ3n) is 2.89. The molecule has 1 rings (SSSR count). The number of nitrogens with zero attached hydrogens (tertiary/aromatic N) is 2. The molecule has 0 saturated carbocycles. The van der Waals surface area contributed by atoms with Crippen molar-refractivity contribution in [3.63, 3.8) is 0 Å². The van der Waals surface area contributed by atoms with Gasteiger partial charge in [0.25, 0.3) is 0 Å². The first-order chi connectivity index (χ1) is 9.86. The van der Waals surface area contributed by atoms with E-state index < -0.39 is 11.7 Å². The van der Waals surface area contributed by atoms with Gasteiger partial charge in [-0.3, -0.25) is 0 Å². The van der Waals surface area contributed by atoms with Gasteiger partial charge in [-0.1, -0.05) is 0 Å². The second-order valence-electron chi connectivity index (χ2n) is 4.60. The SMILES string of the molecule is CNc1cc(C(F)(F)F)cc(NCCN(C)CCOC)n1. The van der Waals surface area contributed by atoms with Gasteiger partial charge in [-0.05, 0) is 19.2 Å². The normalized spacial score (nSPS) is 11.8. The fourth-order valence-corrected chi connectivity index (χ4v) is 1.65. The summed E-state index contributed by atoms with van der Waals surface area (Å²) < 4.78 is 43.3. The highest BCUT2D eigenvalue weighted by Gasteiger charge is 2.31. The van der Waals surface area contributed by atoms with Crippen molar-refractivity contribution in [2.75, 3.05) is 58.1 Å². The van der Waals surface area contributed by atoms with Gasteiger partial charge in [0.1, 0.15) is 11.6 Å². The first-order valence-corrected chi connectivity index (χ1v) is 6.55. The molecule has 21 heavy (non-hydrogen) atoms. The van der Waals surface area contributed by atoms with Gasteiger partial charge < -0.3 is 20.3 Å². The Kier molecular flexibility index (Phi) is 6.70. The lowest BCUT2D eigenvalue weighted by Crippen LogP contribution is -2.28. The zero-order chi connectivity index (χ0) is 15.9. The second kappa shape index (κ2) is 8.04. The van der Waals surface area contributed by atoms with Crippen molar-refractivity contribution in [2.24, 2.45) is 0 Å². The van der Waals surface area contributed by atoms with Gasteiger partial charge in [0.15, 0.2) is 0 Å². The fraction of sp³-hybridized carbons (Fsp3) is 0.615. The molecule has 0 atom stereocenters. The summed E-state index contributed by atoms with van der Waals surface area (Å²) in [5.41, 5.74) is -0.725. The highest BCUT2D eigenvalue weighted by Crippen LogP contribution is 2.31. The Hall–Kier alpha value is -1.54. The average molecular weight is 306 g/mol. The second-order valence-corrected chi connectivity index (χ2v) is 4.60. The van der Waals surface area contributed by atoms with Crippen LogP contribution in [0.2, 0.25) is 0 Å². The summed E-state index contributed by atoms with van der Waals surface area (Å²) in [6, 6.07) is 1.99. The number of ether oxygens (including phenoxy) is 1. The van der Waals surface area contributed by atoms with Crippen LogP contribution in [0, 0.1) is 0 Å². The molecule has 0 aliphatic heterocycles. The lowest BCUT2D eigenvalue weighted by molar-refractivity contribution is -0.137. The maximum Gasteiger partial charge on any atom is 0.416 e. The Labute approximate surface area is 122 Å². The standard InChI is InChI=1S/C13H21F3N4O/c1-17-11-8-10(13(14,15)16)9-12(19-11)18-4-5-20(2)6-7-21-3/h8-9H,4-7H2,1-3H3,(H2,17,18,19). The number of nitrogens with one attached hydrogen (secondary N) is 2. The third-order valence-corrected chi connectivity index (χ3v) is 2.89. The van der Waals surface area contributed by atoms with Crippen LogP contribution in [0.25, 0.3) is 0 Å².